The number of nitrogens with zero attached hydrogens (tertiary/aromatic N) is 5. The smallest absolute Gasteiger partial charge is 0.234 e. The Morgan fingerprint density at radius 2 is 1.93 bits per heavy atom. The first kappa shape index (κ1) is 20.7. The molecule has 0 spiro atoms. The van der Waals surface area contributed by atoms with Crippen molar-refractivity contribution >= 4 is 40.6 Å². The van der Waals surface area contributed by atoms with Crippen LogP contribution in [0.15, 0.2) is 47.6 Å². The quantitative estimate of drug-likeness (QED) is 0.572. The molecule has 1 aromatic heterocycles. The predicted molar refractivity (Wildman–Crippen MR) is 121 cm³/mol. The lowest BCUT2D eigenvalue weighted by atomic mass is 10.1. The molecule has 1 aliphatic rings. The van der Waals surface area contributed by atoms with Crippen LogP contribution in [-0.4, -0.2) is 45.0 Å². The molecule has 0 atom stereocenters. The van der Waals surface area contributed by atoms with Crippen molar-refractivity contribution in [3.8, 4) is 5.69 Å². The lowest BCUT2D eigenvalue weighted by Gasteiger charge is -2.30. The van der Waals surface area contributed by atoms with Crippen LogP contribution < -0.4 is 10.2 Å². The largest absolute Gasteiger partial charge is 0.370 e. The lowest BCUT2D eigenvalue weighted by molar-refractivity contribution is -0.113. The van der Waals surface area contributed by atoms with Gasteiger partial charge in [0.15, 0.2) is 0 Å². The van der Waals surface area contributed by atoms with E-state index in [2.05, 4.69) is 25.7 Å². The second kappa shape index (κ2) is 9.49. The van der Waals surface area contributed by atoms with Crippen molar-refractivity contribution in [2.75, 3.05) is 29.1 Å². The monoisotopic (exact) mass is 442 g/mol. The first-order valence-electron chi connectivity index (χ1n) is 9.93. The predicted octanol–water partition coefficient (Wildman–Crippen LogP) is 4.35. The molecule has 4 rings (SSSR count). The number of halogens is 1. The molecule has 0 radical (unpaired) electrons. The molecule has 2 aromatic carbocycles. The van der Waals surface area contributed by atoms with Crippen LogP contribution in [-0.2, 0) is 4.79 Å². The number of nitrogens with one attached hydrogen (secondary N) is 1. The van der Waals surface area contributed by atoms with E-state index in [-0.39, 0.29) is 11.7 Å². The Bertz CT molecular complexity index is 1030. The highest BCUT2D eigenvalue weighted by Gasteiger charge is 2.18. The normalized spacial score (nSPS) is 14.0. The van der Waals surface area contributed by atoms with Gasteiger partial charge in [0.25, 0.3) is 0 Å². The maximum Gasteiger partial charge on any atom is 0.234 e. The molecule has 1 N–H and O–H groups in total. The molecule has 0 bridgehead atoms. The van der Waals surface area contributed by atoms with Gasteiger partial charge in [-0.2, -0.15) is 4.68 Å². The average Bonchev–Trinajstić information content (AvgIpc) is 3.22. The SMILES string of the molecule is Cc1ccccc1-n1nnnc1SCC(=O)Nc1cc(Cl)ccc1N1CCCCC1. The Labute approximate surface area is 184 Å². The number of rotatable bonds is 6. The Kier molecular flexibility index (Phi) is 6.54. The van der Waals surface area contributed by atoms with E-state index in [1.165, 1.54) is 18.2 Å². The summed E-state index contributed by atoms with van der Waals surface area (Å²) in [7, 11) is 0. The number of thioether (sulfide) groups is 1. The molecule has 0 aliphatic carbocycles. The van der Waals surface area contributed by atoms with Gasteiger partial charge in [0.05, 0.1) is 22.8 Å². The number of carbonyl (C=O) groups is 1. The number of para-hydroxylation sites is 1. The number of amides is 1. The van der Waals surface area contributed by atoms with Gasteiger partial charge < -0.3 is 10.2 Å². The summed E-state index contributed by atoms with van der Waals surface area (Å²) in [5.74, 6) is 0.0675. The Balaban J connectivity index is 1.45. The summed E-state index contributed by atoms with van der Waals surface area (Å²) in [5.41, 5.74) is 3.71. The molecule has 0 saturated carbocycles. The van der Waals surface area contributed by atoms with Crippen LogP contribution in [0.1, 0.15) is 24.8 Å². The number of piperidine rings is 1. The molecule has 1 aliphatic heterocycles. The first-order chi connectivity index (χ1) is 14.6. The van der Waals surface area contributed by atoms with E-state index in [1.54, 1.807) is 4.68 Å². The molecular formula is C21H23ClN6OS. The zero-order chi connectivity index (χ0) is 20.9. The average molecular weight is 443 g/mol. The highest BCUT2D eigenvalue weighted by atomic mass is 35.5. The second-order valence-electron chi connectivity index (χ2n) is 7.21. The molecule has 9 heteroatoms. The minimum atomic E-state index is -0.125. The van der Waals surface area contributed by atoms with Crippen molar-refractivity contribution < 1.29 is 4.79 Å². The molecule has 3 aromatic rings. The summed E-state index contributed by atoms with van der Waals surface area (Å²) in [6.45, 7) is 3.98. The minimum absolute atomic E-state index is 0.125. The first-order valence-corrected chi connectivity index (χ1v) is 11.3. The topological polar surface area (TPSA) is 75.9 Å². The number of carbonyl (C=O) groups excluding carboxylic acids is 1. The van der Waals surface area contributed by atoms with Crippen LogP contribution in [0.2, 0.25) is 5.02 Å². The van der Waals surface area contributed by atoms with E-state index in [9.17, 15) is 4.79 Å². The van der Waals surface area contributed by atoms with Crippen LogP contribution in [0.4, 0.5) is 11.4 Å². The van der Waals surface area contributed by atoms with Crippen LogP contribution in [0.3, 0.4) is 0 Å². The number of tetrazole rings is 1. The van der Waals surface area contributed by atoms with Crippen LogP contribution in [0.25, 0.3) is 5.69 Å². The standard InChI is InChI=1S/C21H23ClN6OS/c1-15-7-3-4-8-18(15)28-21(24-25-26-28)30-14-20(29)23-17-13-16(22)9-10-19(17)27-11-5-2-6-12-27/h3-4,7-10,13H,2,5-6,11-12,14H2,1H3,(H,23,29). The third-order valence-electron chi connectivity index (χ3n) is 5.05. The molecule has 7 nitrogen and oxygen atoms in total. The fraction of sp³-hybridized carbons (Fsp3) is 0.333. The van der Waals surface area contributed by atoms with Crippen molar-refractivity contribution in [2.45, 2.75) is 31.3 Å². The third kappa shape index (κ3) is 4.76. The zero-order valence-electron chi connectivity index (χ0n) is 16.7. The summed E-state index contributed by atoms with van der Waals surface area (Å²) >= 11 is 7.49. The van der Waals surface area contributed by atoms with E-state index in [0.717, 1.165) is 48.6 Å². The van der Waals surface area contributed by atoms with Gasteiger partial charge in [0.2, 0.25) is 11.1 Å². The summed E-state index contributed by atoms with van der Waals surface area (Å²) in [6, 6.07) is 13.5. The highest BCUT2D eigenvalue weighted by molar-refractivity contribution is 7.99. The van der Waals surface area contributed by atoms with Gasteiger partial charge in [0, 0.05) is 18.1 Å². The van der Waals surface area contributed by atoms with Crippen molar-refractivity contribution in [3.05, 3.63) is 53.1 Å². The fourth-order valence-electron chi connectivity index (χ4n) is 3.56. The van der Waals surface area contributed by atoms with Gasteiger partial charge in [-0.25, -0.2) is 0 Å². The van der Waals surface area contributed by atoms with Gasteiger partial charge in [0.1, 0.15) is 0 Å². The molecule has 2 heterocycles. The van der Waals surface area contributed by atoms with E-state index < -0.39 is 0 Å². The fourth-order valence-corrected chi connectivity index (χ4v) is 4.41. The van der Waals surface area contributed by atoms with Gasteiger partial charge in [-0.3, -0.25) is 4.79 Å². The van der Waals surface area contributed by atoms with E-state index >= 15 is 0 Å². The molecule has 0 unspecified atom stereocenters. The molecule has 1 fully saturated rings. The van der Waals surface area contributed by atoms with Crippen LogP contribution in [0.5, 0.6) is 0 Å². The number of anilines is 2. The number of aryl methyl sites for hydroxylation is 1. The summed E-state index contributed by atoms with van der Waals surface area (Å²) in [6.07, 6.45) is 3.57. The van der Waals surface area contributed by atoms with Crippen LogP contribution in [0, 0.1) is 6.92 Å². The Morgan fingerprint density at radius 3 is 2.73 bits per heavy atom. The lowest BCUT2D eigenvalue weighted by Crippen LogP contribution is -2.30. The van der Waals surface area contributed by atoms with E-state index in [0.29, 0.717) is 10.2 Å². The molecular weight excluding hydrogens is 420 g/mol. The molecule has 30 heavy (non-hydrogen) atoms. The second-order valence-corrected chi connectivity index (χ2v) is 8.58. The maximum atomic E-state index is 12.7. The zero-order valence-corrected chi connectivity index (χ0v) is 18.3. The van der Waals surface area contributed by atoms with E-state index in [1.807, 2.05) is 49.4 Å². The van der Waals surface area contributed by atoms with Gasteiger partial charge in [-0.05, 0) is 66.4 Å². The number of hydrogen-bond donors (Lipinski definition) is 1. The van der Waals surface area contributed by atoms with Crippen molar-refractivity contribution in [2.24, 2.45) is 0 Å². The Hall–Kier alpha value is -2.58. The molecule has 156 valence electrons. The van der Waals surface area contributed by atoms with Gasteiger partial charge >= 0.3 is 0 Å². The highest BCUT2D eigenvalue weighted by Crippen LogP contribution is 2.31. The van der Waals surface area contributed by atoms with Gasteiger partial charge in [-0.15, -0.1) is 5.10 Å². The van der Waals surface area contributed by atoms with Gasteiger partial charge in [-0.1, -0.05) is 41.6 Å². The van der Waals surface area contributed by atoms with E-state index in [4.69, 9.17) is 11.6 Å². The van der Waals surface area contributed by atoms with Crippen LogP contribution >= 0.6 is 23.4 Å². The summed E-state index contributed by atoms with van der Waals surface area (Å²) in [5, 5.41) is 16.1. The van der Waals surface area contributed by atoms with Crippen molar-refractivity contribution in [1.82, 2.24) is 20.2 Å². The number of aromatic nitrogens is 4. The number of benzene rings is 2. The maximum absolute atomic E-state index is 12.7. The third-order valence-corrected chi connectivity index (χ3v) is 6.20. The molecule has 1 amide bonds. The summed E-state index contributed by atoms with van der Waals surface area (Å²) < 4.78 is 1.66. The minimum Gasteiger partial charge on any atom is -0.370 e. The summed E-state index contributed by atoms with van der Waals surface area (Å²) in [4.78, 5) is 15.0. The van der Waals surface area contributed by atoms with Crippen molar-refractivity contribution in [1.29, 1.82) is 0 Å². The molecule has 1 saturated heterocycles. The van der Waals surface area contributed by atoms with Crippen molar-refractivity contribution in [3.63, 3.8) is 0 Å². The Morgan fingerprint density at radius 1 is 1.13 bits per heavy atom. The number of hydrogen-bond acceptors (Lipinski definition) is 6.